The molecule has 0 radical (unpaired) electrons. The molecule has 78 valence electrons. The average Bonchev–Trinajstić information content (AvgIpc) is 2.16. The highest BCUT2D eigenvalue weighted by Gasteiger charge is 2.13. The molecule has 0 atom stereocenters. The smallest absolute Gasteiger partial charge is 0.0132 e. The van der Waals surface area contributed by atoms with Crippen molar-refractivity contribution < 1.29 is 0 Å². The van der Waals surface area contributed by atoms with Crippen molar-refractivity contribution in [2.24, 2.45) is 0 Å². The number of benzene rings is 2. The van der Waals surface area contributed by atoms with Gasteiger partial charge in [0.2, 0.25) is 0 Å². The standard InChI is InChI=1S/C15H18/c1-11-6-5-7-12-10-13(15(2,3)4)8-9-14(11)12/h5-10H,1-4H3. The van der Waals surface area contributed by atoms with Crippen molar-refractivity contribution >= 4 is 10.8 Å². The molecule has 0 aliphatic carbocycles. The van der Waals surface area contributed by atoms with Crippen LogP contribution in [0.15, 0.2) is 36.4 Å². The highest BCUT2D eigenvalue weighted by atomic mass is 14.2. The Bertz CT molecular complexity index is 487. The highest BCUT2D eigenvalue weighted by Crippen LogP contribution is 2.27. The van der Waals surface area contributed by atoms with Crippen molar-refractivity contribution in [2.45, 2.75) is 33.1 Å². The Morgan fingerprint density at radius 1 is 0.933 bits per heavy atom. The molecule has 0 heterocycles. The summed E-state index contributed by atoms with van der Waals surface area (Å²) < 4.78 is 0. The molecule has 0 fully saturated rings. The molecule has 0 saturated carbocycles. The zero-order chi connectivity index (χ0) is 11.1. The summed E-state index contributed by atoms with van der Waals surface area (Å²) in [5.41, 5.74) is 2.99. The van der Waals surface area contributed by atoms with E-state index in [1.807, 2.05) is 0 Å². The van der Waals surface area contributed by atoms with Gasteiger partial charge in [-0.2, -0.15) is 0 Å². The first kappa shape index (κ1) is 10.2. The van der Waals surface area contributed by atoms with E-state index in [1.165, 1.54) is 21.9 Å². The molecule has 0 aliphatic heterocycles. The molecule has 2 aromatic rings. The molecule has 0 nitrogen and oxygen atoms in total. The summed E-state index contributed by atoms with van der Waals surface area (Å²) in [6, 6.07) is 13.3. The fourth-order valence-electron chi connectivity index (χ4n) is 1.91. The van der Waals surface area contributed by atoms with Gasteiger partial charge in [-0.1, -0.05) is 57.2 Å². The van der Waals surface area contributed by atoms with E-state index in [-0.39, 0.29) is 5.41 Å². The van der Waals surface area contributed by atoms with Crippen molar-refractivity contribution in [3.8, 4) is 0 Å². The van der Waals surface area contributed by atoms with Gasteiger partial charge in [-0.25, -0.2) is 0 Å². The molecule has 0 amide bonds. The van der Waals surface area contributed by atoms with Crippen molar-refractivity contribution in [3.63, 3.8) is 0 Å². The van der Waals surface area contributed by atoms with Gasteiger partial charge in [-0.3, -0.25) is 0 Å². The SMILES string of the molecule is Cc1cccc2cc(C(C)(C)C)ccc12. The van der Waals surface area contributed by atoms with Gasteiger partial charge in [-0.15, -0.1) is 0 Å². The lowest BCUT2D eigenvalue weighted by Crippen LogP contribution is -2.10. The van der Waals surface area contributed by atoms with Gasteiger partial charge < -0.3 is 0 Å². The van der Waals surface area contributed by atoms with Crippen LogP contribution in [0.25, 0.3) is 10.8 Å². The van der Waals surface area contributed by atoms with E-state index in [2.05, 4.69) is 64.1 Å². The predicted octanol–water partition coefficient (Wildman–Crippen LogP) is 4.45. The fourth-order valence-corrected chi connectivity index (χ4v) is 1.91. The van der Waals surface area contributed by atoms with Crippen LogP contribution in [-0.2, 0) is 5.41 Å². The second kappa shape index (κ2) is 3.37. The first-order valence-corrected chi connectivity index (χ1v) is 5.48. The topological polar surface area (TPSA) is 0 Å². The second-order valence-electron chi connectivity index (χ2n) is 5.26. The molecule has 0 aliphatic rings. The van der Waals surface area contributed by atoms with Crippen LogP contribution in [-0.4, -0.2) is 0 Å². The maximum absolute atomic E-state index is 2.31. The molecule has 2 rings (SSSR count). The summed E-state index contributed by atoms with van der Waals surface area (Å²) in [6.45, 7) is 8.93. The third kappa shape index (κ3) is 1.90. The molecule has 0 spiro atoms. The molecule has 2 aromatic carbocycles. The first-order valence-electron chi connectivity index (χ1n) is 5.48. The number of hydrogen-bond acceptors (Lipinski definition) is 0. The Balaban J connectivity index is 2.68. The molecule has 0 heteroatoms. The maximum Gasteiger partial charge on any atom is -0.0132 e. The minimum absolute atomic E-state index is 0.234. The lowest BCUT2D eigenvalue weighted by molar-refractivity contribution is 0.591. The van der Waals surface area contributed by atoms with Crippen LogP contribution in [0, 0.1) is 6.92 Å². The van der Waals surface area contributed by atoms with E-state index >= 15 is 0 Å². The monoisotopic (exact) mass is 198 g/mol. The molecule has 0 bridgehead atoms. The Morgan fingerprint density at radius 3 is 2.33 bits per heavy atom. The number of fused-ring (bicyclic) bond motifs is 1. The van der Waals surface area contributed by atoms with Crippen LogP contribution in [0.2, 0.25) is 0 Å². The maximum atomic E-state index is 2.31. The number of rotatable bonds is 0. The normalized spacial score (nSPS) is 12.0. The highest BCUT2D eigenvalue weighted by molar-refractivity contribution is 5.86. The lowest BCUT2D eigenvalue weighted by Gasteiger charge is -2.19. The van der Waals surface area contributed by atoms with E-state index in [9.17, 15) is 0 Å². The Labute approximate surface area is 91.9 Å². The molecule has 0 aromatic heterocycles. The summed E-state index contributed by atoms with van der Waals surface area (Å²) in [6.07, 6.45) is 0. The Kier molecular flexibility index (Phi) is 2.30. The molecular formula is C15H18. The predicted molar refractivity (Wildman–Crippen MR) is 67.4 cm³/mol. The summed E-state index contributed by atoms with van der Waals surface area (Å²) >= 11 is 0. The number of aryl methyl sites for hydroxylation is 1. The van der Waals surface area contributed by atoms with Gasteiger partial charge in [-0.05, 0) is 34.2 Å². The van der Waals surface area contributed by atoms with Crippen molar-refractivity contribution in [1.29, 1.82) is 0 Å². The molecule has 0 saturated heterocycles. The van der Waals surface area contributed by atoms with Crippen LogP contribution in [0.3, 0.4) is 0 Å². The van der Waals surface area contributed by atoms with Gasteiger partial charge in [0, 0.05) is 0 Å². The van der Waals surface area contributed by atoms with Crippen molar-refractivity contribution in [1.82, 2.24) is 0 Å². The van der Waals surface area contributed by atoms with Crippen LogP contribution in [0.4, 0.5) is 0 Å². The zero-order valence-corrected chi connectivity index (χ0v) is 9.96. The van der Waals surface area contributed by atoms with E-state index < -0.39 is 0 Å². The van der Waals surface area contributed by atoms with Crippen LogP contribution in [0.5, 0.6) is 0 Å². The van der Waals surface area contributed by atoms with E-state index in [4.69, 9.17) is 0 Å². The van der Waals surface area contributed by atoms with E-state index in [0.717, 1.165) is 0 Å². The van der Waals surface area contributed by atoms with Crippen molar-refractivity contribution in [3.05, 3.63) is 47.5 Å². The first-order chi connectivity index (χ1) is 6.98. The number of hydrogen-bond donors (Lipinski definition) is 0. The van der Waals surface area contributed by atoms with Gasteiger partial charge in [0.05, 0.1) is 0 Å². The van der Waals surface area contributed by atoms with Gasteiger partial charge >= 0.3 is 0 Å². The second-order valence-corrected chi connectivity index (χ2v) is 5.26. The third-order valence-electron chi connectivity index (χ3n) is 2.96. The summed E-state index contributed by atoms with van der Waals surface area (Å²) in [5, 5.41) is 2.72. The minimum Gasteiger partial charge on any atom is -0.0614 e. The van der Waals surface area contributed by atoms with Crippen LogP contribution in [0.1, 0.15) is 31.9 Å². The Morgan fingerprint density at radius 2 is 1.67 bits per heavy atom. The minimum atomic E-state index is 0.234. The average molecular weight is 198 g/mol. The van der Waals surface area contributed by atoms with Gasteiger partial charge in [0.1, 0.15) is 0 Å². The largest absolute Gasteiger partial charge is 0.0614 e. The molecule has 0 unspecified atom stereocenters. The van der Waals surface area contributed by atoms with Crippen LogP contribution >= 0.6 is 0 Å². The molecule has 0 N–H and O–H groups in total. The third-order valence-corrected chi connectivity index (χ3v) is 2.96. The summed E-state index contributed by atoms with van der Waals surface area (Å²) in [5.74, 6) is 0. The van der Waals surface area contributed by atoms with Gasteiger partial charge in [0.15, 0.2) is 0 Å². The quantitative estimate of drug-likeness (QED) is 0.587. The van der Waals surface area contributed by atoms with Crippen LogP contribution < -0.4 is 0 Å². The van der Waals surface area contributed by atoms with E-state index in [0.29, 0.717) is 0 Å². The van der Waals surface area contributed by atoms with Gasteiger partial charge in [0.25, 0.3) is 0 Å². The lowest BCUT2D eigenvalue weighted by atomic mass is 9.85. The van der Waals surface area contributed by atoms with E-state index in [1.54, 1.807) is 0 Å². The Hall–Kier alpha value is -1.30. The van der Waals surface area contributed by atoms with Crippen molar-refractivity contribution in [2.75, 3.05) is 0 Å². The summed E-state index contributed by atoms with van der Waals surface area (Å²) in [7, 11) is 0. The fraction of sp³-hybridized carbons (Fsp3) is 0.333. The zero-order valence-electron chi connectivity index (χ0n) is 9.96. The molecular weight excluding hydrogens is 180 g/mol. The summed E-state index contributed by atoms with van der Waals surface area (Å²) in [4.78, 5) is 0. The molecule has 15 heavy (non-hydrogen) atoms.